The molecular weight excluding hydrogens is 362 g/mol. The Kier molecular flexibility index (Phi) is 7.44. The molecule has 0 saturated heterocycles. The Labute approximate surface area is 151 Å². The van der Waals surface area contributed by atoms with Crippen LogP contribution in [0.15, 0.2) is 47.4 Å². The van der Waals surface area contributed by atoms with Gasteiger partial charge in [-0.2, -0.15) is 8.42 Å². The number of hydrogen-bond acceptors (Lipinski definition) is 7. The first-order valence-electron chi connectivity index (χ1n) is 7.29. The van der Waals surface area contributed by atoms with Crippen molar-refractivity contribution < 1.29 is 32.4 Å². The molecule has 2 rings (SSSR count). The molecule has 0 bridgehead atoms. The molecule has 0 saturated carbocycles. The summed E-state index contributed by atoms with van der Waals surface area (Å²) in [5.41, 5.74) is 6.36. The molecule has 140 valence electrons. The molecule has 4 N–H and O–H groups in total. The number of methoxy groups -OCH3 is 1. The van der Waals surface area contributed by atoms with Crippen LogP contribution in [-0.2, 0) is 14.9 Å². The van der Waals surface area contributed by atoms with Crippen molar-refractivity contribution in [2.75, 3.05) is 13.7 Å². The number of nitrogens with two attached hydrogens (primary N) is 1. The number of esters is 1. The summed E-state index contributed by atoms with van der Waals surface area (Å²) in [4.78, 5) is 22.3. The number of Topliss-reactive ketones (excluding diaryl/α,β-unsaturated/α-hetero) is 1. The number of ether oxygens (including phenoxy) is 1. The first kappa shape index (κ1) is 21.3. The fourth-order valence-corrected chi connectivity index (χ4v) is 2.29. The minimum atomic E-state index is -4.02. The summed E-state index contributed by atoms with van der Waals surface area (Å²) in [6.45, 7) is 1.69. The van der Waals surface area contributed by atoms with Crippen LogP contribution < -0.4 is 5.73 Å². The van der Waals surface area contributed by atoms with E-state index in [4.69, 9.17) is 10.3 Å². The van der Waals surface area contributed by atoms with Crippen LogP contribution in [0.4, 0.5) is 0 Å². The maximum atomic E-state index is 11.2. The molecule has 0 heterocycles. The van der Waals surface area contributed by atoms with Gasteiger partial charge in [0.2, 0.25) is 0 Å². The van der Waals surface area contributed by atoms with E-state index in [1.807, 2.05) is 6.92 Å². The van der Waals surface area contributed by atoms with Gasteiger partial charge in [0.1, 0.15) is 11.3 Å². The summed E-state index contributed by atoms with van der Waals surface area (Å²) < 4.78 is 34.0. The van der Waals surface area contributed by atoms with Gasteiger partial charge in [0, 0.05) is 5.56 Å². The fraction of sp³-hybridized carbons (Fsp3) is 0.176. The lowest BCUT2D eigenvalue weighted by Crippen LogP contribution is -2.14. The number of rotatable bonds is 4. The highest BCUT2D eigenvalue weighted by molar-refractivity contribution is 7.85. The average molecular weight is 381 g/mol. The van der Waals surface area contributed by atoms with Crippen LogP contribution in [0.5, 0.6) is 5.75 Å². The Bertz CT molecular complexity index is 890. The van der Waals surface area contributed by atoms with Gasteiger partial charge in [0.15, 0.2) is 5.78 Å². The summed E-state index contributed by atoms with van der Waals surface area (Å²) >= 11 is 0. The summed E-state index contributed by atoms with van der Waals surface area (Å²) in [5.74, 6) is -1.23. The van der Waals surface area contributed by atoms with Crippen molar-refractivity contribution in [3.05, 3.63) is 59.2 Å². The molecule has 8 nitrogen and oxygen atoms in total. The van der Waals surface area contributed by atoms with E-state index in [1.54, 1.807) is 12.1 Å². The Morgan fingerprint density at radius 2 is 1.69 bits per heavy atom. The van der Waals surface area contributed by atoms with Crippen molar-refractivity contribution in [3.63, 3.8) is 0 Å². The van der Waals surface area contributed by atoms with Crippen LogP contribution in [0.25, 0.3) is 0 Å². The zero-order chi connectivity index (χ0) is 19.9. The van der Waals surface area contributed by atoms with Gasteiger partial charge in [0.25, 0.3) is 10.1 Å². The minimum absolute atomic E-state index is 0.0446. The number of phenols is 1. The summed E-state index contributed by atoms with van der Waals surface area (Å²) in [5, 5.41) is 9.35. The molecular formula is C17H19NO7S. The molecule has 0 aliphatic rings. The first-order chi connectivity index (χ1) is 12.1. The lowest BCUT2D eigenvalue weighted by atomic mass is 10.1. The minimum Gasteiger partial charge on any atom is -0.507 e. The Morgan fingerprint density at radius 3 is 2.15 bits per heavy atom. The standard InChI is InChI=1S/C10H11NO4.C7H8O3S/c1-15-10(14)7-4-6(9(13)5-11)2-3-8(7)12;1-6-2-4-7(5-3-6)11(8,9)10/h2-4,12H,5,11H2,1H3;2-5H,1H3,(H,8,9,10). The number of phenolic OH excluding ortho intramolecular Hbond substituents is 1. The van der Waals surface area contributed by atoms with Gasteiger partial charge in [0.05, 0.1) is 18.6 Å². The smallest absolute Gasteiger partial charge is 0.341 e. The number of aryl methyl sites for hydroxylation is 1. The van der Waals surface area contributed by atoms with Crippen molar-refractivity contribution in [2.24, 2.45) is 5.73 Å². The zero-order valence-corrected chi connectivity index (χ0v) is 15.0. The summed E-state index contributed by atoms with van der Waals surface area (Å²) in [6, 6.07) is 9.91. The van der Waals surface area contributed by atoms with Gasteiger partial charge in [-0.15, -0.1) is 0 Å². The summed E-state index contributed by atoms with van der Waals surface area (Å²) in [7, 11) is -2.83. The molecule has 2 aromatic carbocycles. The van der Waals surface area contributed by atoms with Crippen LogP contribution in [0.1, 0.15) is 26.3 Å². The van der Waals surface area contributed by atoms with Crippen molar-refractivity contribution in [2.45, 2.75) is 11.8 Å². The maximum Gasteiger partial charge on any atom is 0.341 e. The number of carbonyl (C=O) groups excluding carboxylic acids is 2. The highest BCUT2D eigenvalue weighted by Crippen LogP contribution is 2.19. The van der Waals surface area contributed by atoms with E-state index < -0.39 is 16.1 Å². The topological polar surface area (TPSA) is 144 Å². The SMILES string of the molecule is COC(=O)c1cc(C(=O)CN)ccc1O.Cc1ccc(S(=O)(=O)O)cc1. The molecule has 26 heavy (non-hydrogen) atoms. The second-order valence-electron chi connectivity index (χ2n) is 5.14. The molecule has 0 fully saturated rings. The number of aromatic hydroxyl groups is 1. The maximum absolute atomic E-state index is 11.2. The zero-order valence-electron chi connectivity index (χ0n) is 14.2. The molecule has 0 atom stereocenters. The number of hydrogen-bond donors (Lipinski definition) is 3. The molecule has 0 unspecified atom stereocenters. The highest BCUT2D eigenvalue weighted by atomic mass is 32.2. The van der Waals surface area contributed by atoms with Gasteiger partial charge in [-0.25, -0.2) is 4.79 Å². The lowest BCUT2D eigenvalue weighted by Gasteiger charge is -2.04. The second kappa shape index (κ2) is 9.09. The monoisotopic (exact) mass is 381 g/mol. The quantitative estimate of drug-likeness (QED) is 0.411. The van der Waals surface area contributed by atoms with E-state index in [9.17, 15) is 23.1 Å². The fourth-order valence-electron chi connectivity index (χ4n) is 1.81. The van der Waals surface area contributed by atoms with Crippen molar-refractivity contribution in [1.82, 2.24) is 0 Å². The van der Waals surface area contributed by atoms with Crippen LogP contribution in [-0.4, -0.2) is 43.5 Å². The van der Waals surface area contributed by atoms with E-state index in [1.165, 1.54) is 37.4 Å². The summed E-state index contributed by atoms with van der Waals surface area (Å²) in [6.07, 6.45) is 0. The molecule has 9 heteroatoms. The van der Waals surface area contributed by atoms with E-state index in [-0.39, 0.29) is 34.1 Å². The Morgan fingerprint density at radius 1 is 1.12 bits per heavy atom. The predicted octanol–water partition coefficient (Wildman–Crippen LogP) is 1.56. The van der Waals surface area contributed by atoms with E-state index in [0.29, 0.717) is 0 Å². The Hall–Kier alpha value is -2.75. The second-order valence-corrected chi connectivity index (χ2v) is 6.56. The van der Waals surface area contributed by atoms with Gasteiger partial charge in [-0.1, -0.05) is 17.7 Å². The highest BCUT2D eigenvalue weighted by Gasteiger charge is 2.14. The van der Waals surface area contributed by atoms with Crippen molar-refractivity contribution >= 4 is 21.9 Å². The van der Waals surface area contributed by atoms with Crippen LogP contribution >= 0.6 is 0 Å². The number of benzene rings is 2. The van der Waals surface area contributed by atoms with Gasteiger partial charge < -0.3 is 15.6 Å². The molecule has 0 radical (unpaired) electrons. The number of ketones is 1. The molecule has 0 aliphatic heterocycles. The van der Waals surface area contributed by atoms with Gasteiger partial charge in [-0.05, 0) is 37.3 Å². The first-order valence-corrected chi connectivity index (χ1v) is 8.73. The number of carbonyl (C=O) groups is 2. The van der Waals surface area contributed by atoms with E-state index in [0.717, 1.165) is 5.56 Å². The third-order valence-corrected chi connectivity index (χ3v) is 4.10. The van der Waals surface area contributed by atoms with Crippen molar-refractivity contribution in [1.29, 1.82) is 0 Å². The van der Waals surface area contributed by atoms with Crippen molar-refractivity contribution in [3.8, 4) is 5.75 Å². The third-order valence-electron chi connectivity index (χ3n) is 3.23. The molecule has 2 aromatic rings. The van der Waals surface area contributed by atoms with Crippen LogP contribution in [0.2, 0.25) is 0 Å². The normalized spacial score (nSPS) is 10.5. The van der Waals surface area contributed by atoms with Crippen LogP contribution in [0.3, 0.4) is 0 Å². The third kappa shape index (κ3) is 5.96. The van der Waals surface area contributed by atoms with Gasteiger partial charge >= 0.3 is 5.97 Å². The molecule has 0 spiro atoms. The molecule has 0 aliphatic carbocycles. The largest absolute Gasteiger partial charge is 0.507 e. The van der Waals surface area contributed by atoms with Gasteiger partial charge in [-0.3, -0.25) is 9.35 Å². The molecule has 0 aromatic heterocycles. The van der Waals surface area contributed by atoms with E-state index in [2.05, 4.69) is 4.74 Å². The lowest BCUT2D eigenvalue weighted by molar-refractivity contribution is 0.0597. The average Bonchev–Trinajstić information content (AvgIpc) is 2.61. The predicted molar refractivity (Wildman–Crippen MR) is 93.8 cm³/mol. The Balaban J connectivity index is 0.000000273. The van der Waals surface area contributed by atoms with Crippen LogP contribution in [0, 0.1) is 6.92 Å². The molecule has 0 amide bonds. The van der Waals surface area contributed by atoms with E-state index >= 15 is 0 Å².